The van der Waals surface area contributed by atoms with E-state index in [-0.39, 0.29) is 23.5 Å². The van der Waals surface area contributed by atoms with Gasteiger partial charge in [-0.2, -0.15) is 0 Å². The lowest BCUT2D eigenvalue weighted by Crippen LogP contribution is -2.23. The molecule has 26 heavy (non-hydrogen) atoms. The Morgan fingerprint density at radius 1 is 1.23 bits per heavy atom. The van der Waals surface area contributed by atoms with Crippen LogP contribution in [0.1, 0.15) is 35.8 Å². The van der Waals surface area contributed by atoms with Crippen molar-refractivity contribution in [2.24, 2.45) is 0 Å². The average molecular weight is 389 g/mol. The van der Waals surface area contributed by atoms with Gasteiger partial charge in [0.1, 0.15) is 5.52 Å². The van der Waals surface area contributed by atoms with E-state index in [1.807, 2.05) is 19.1 Å². The summed E-state index contributed by atoms with van der Waals surface area (Å²) in [6.45, 7) is 3.37. The fraction of sp³-hybridized carbons (Fsp3) is 0.211. The van der Waals surface area contributed by atoms with Gasteiger partial charge in [0.05, 0.1) is 11.8 Å². The maximum absolute atomic E-state index is 12.4. The maximum Gasteiger partial charge on any atom is 0.257 e. The monoisotopic (exact) mass is 388 g/mol. The molecule has 1 heterocycles. The Morgan fingerprint density at radius 3 is 2.65 bits per heavy atom. The van der Waals surface area contributed by atoms with Gasteiger partial charge in [-0.05, 0) is 30.7 Å². The van der Waals surface area contributed by atoms with E-state index in [0.29, 0.717) is 26.9 Å². The highest BCUT2D eigenvalue weighted by molar-refractivity contribution is 7.99. The summed E-state index contributed by atoms with van der Waals surface area (Å²) in [6.07, 6.45) is 0. The summed E-state index contributed by atoms with van der Waals surface area (Å²) in [5.41, 5.74) is 2.86. The van der Waals surface area contributed by atoms with Crippen LogP contribution >= 0.6 is 23.4 Å². The second-order valence-electron chi connectivity index (χ2n) is 5.85. The van der Waals surface area contributed by atoms with E-state index in [9.17, 15) is 9.59 Å². The van der Waals surface area contributed by atoms with Crippen LogP contribution in [-0.2, 0) is 4.79 Å². The van der Waals surface area contributed by atoms with Crippen LogP contribution in [0.2, 0.25) is 5.02 Å². The highest BCUT2D eigenvalue weighted by Gasteiger charge is 2.12. The first-order chi connectivity index (χ1) is 12.4. The molecule has 1 aromatic heterocycles. The standard InChI is InChI=1S/C19H17ClN2O3S/c1-11(21-12(2)23)13-3-5-14(6-4-13)17(24)10-26-19-22-16-9-15(20)7-8-18(16)25-19/h3-9,11H,10H2,1-2H3,(H,21,23)/t11-/m0/s1. The van der Waals surface area contributed by atoms with E-state index in [4.69, 9.17) is 16.0 Å². The van der Waals surface area contributed by atoms with Crippen LogP contribution < -0.4 is 5.32 Å². The van der Waals surface area contributed by atoms with Crippen LogP contribution in [0.4, 0.5) is 0 Å². The summed E-state index contributed by atoms with van der Waals surface area (Å²) in [6, 6.07) is 12.3. The number of carbonyl (C=O) groups is 2. The number of ketones is 1. The summed E-state index contributed by atoms with van der Waals surface area (Å²) in [7, 11) is 0. The molecule has 2 aromatic carbocycles. The third-order valence-corrected chi connectivity index (χ3v) is 4.87. The van der Waals surface area contributed by atoms with E-state index in [0.717, 1.165) is 5.56 Å². The second kappa shape index (κ2) is 7.93. The molecule has 0 aliphatic rings. The zero-order valence-corrected chi connectivity index (χ0v) is 15.9. The first-order valence-corrected chi connectivity index (χ1v) is 9.38. The lowest BCUT2D eigenvalue weighted by molar-refractivity contribution is -0.119. The lowest BCUT2D eigenvalue weighted by Gasteiger charge is -2.13. The van der Waals surface area contributed by atoms with E-state index in [1.165, 1.54) is 18.7 Å². The Hall–Kier alpha value is -2.31. The molecule has 3 aromatic rings. The molecule has 1 atom stereocenters. The normalized spacial score (nSPS) is 12.1. The van der Waals surface area contributed by atoms with Crippen LogP contribution in [0.25, 0.3) is 11.1 Å². The van der Waals surface area contributed by atoms with E-state index in [2.05, 4.69) is 10.3 Å². The minimum absolute atomic E-state index is 0.0194. The molecule has 5 nitrogen and oxygen atoms in total. The number of hydrogen-bond acceptors (Lipinski definition) is 5. The van der Waals surface area contributed by atoms with Crippen LogP contribution in [0.15, 0.2) is 52.1 Å². The van der Waals surface area contributed by atoms with Crippen molar-refractivity contribution in [3.63, 3.8) is 0 Å². The van der Waals surface area contributed by atoms with Crippen molar-refractivity contribution in [3.05, 3.63) is 58.6 Å². The number of amides is 1. The van der Waals surface area contributed by atoms with Crippen molar-refractivity contribution in [3.8, 4) is 0 Å². The number of halogens is 1. The SMILES string of the molecule is CC(=O)N[C@@H](C)c1ccc(C(=O)CSc2nc3cc(Cl)ccc3o2)cc1. The quantitative estimate of drug-likeness (QED) is 0.491. The number of Topliss-reactive ketones (excluding diaryl/α,β-unsaturated/α-hetero) is 1. The van der Waals surface area contributed by atoms with Crippen molar-refractivity contribution in [1.82, 2.24) is 10.3 Å². The topological polar surface area (TPSA) is 72.2 Å². The number of oxazole rings is 1. The maximum atomic E-state index is 12.4. The van der Waals surface area contributed by atoms with Gasteiger partial charge in [-0.15, -0.1) is 0 Å². The van der Waals surface area contributed by atoms with E-state index < -0.39 is 0 Å². The predicted molar refractivity (Wildman–Crippen MR) is 103 cm³/mol. The third-order valence-electron chi connectivity index (χ3n) is 3.81. The molecule has 0 fully saturated rings. The fourth-order valence-electron chi connectivity index (χ4n) is 2.50. The number of nitrogens with zero attached hydrogens (tertiary/aromatic N) is 1. The van der Waals surface area contributed by atoms with E-state index in [1.54, 1.807) is 30.3 Å². The van der Waals surface area contributed by atoms with Crippen LogP contribution in [-0.4, -0.2) is 22.4 Å². The van der Waals surface area contributed by atoms with Gasteiger partial charge in [0.2, 0.25) is 5.91 Å². The van der Waals surface area contributed by atoms with Crippen molar-refractivity contribution < 1.29 is 14.0 Å². The number of nitrogens with one attached hydrogen (secondary N) is 1. The number of benzene rings is 2. The Morgan fingerprint density at radius 2 is 1.96 bits per heavy atom. The van der Waals surface area contributed by atoms with Gasteiger partial charge in [-0.25, -0.2) is 4.98 Å². The average Bonchev–Trinajstić information content (AvgIpc) is 3.01. The molecule has 0 spiro atoms. The molecule has 3 rings (SSSR count). The molecule has 0 radical (unpaired) electrons. The highest BCUT2D eigenvalue weighted by atomic mass is 35.5. The minimum Gasteiger partial charge on any atom is -0.431 e. The molecule has 0 bridgehead atoms. The third kappa shape index (κ3) is 4.45. The molecular formula is C19H17ClN2O3S. The first-order valence-electron chi connectivity index (χ1n) is 8.01. The number of hydrogen-bond donors (Lipinski definition) is 1. The molecule has 0 unspecified atom stereocenters. The summed E-state index contributed by atoms with van der Waals surface area (Å²) in [5, 5.41) is 3.84. The Bertz CT molecular complexity index is 953. The van der Waals surface area contributed by atoms with Crippen molar-refractivity contribution in [2.75, 3.05) is 5.75 Å². The van der Waals surface area contributed by atoms with Crippen molar-refractivity contribution in [2.45, 2.75) is 25.1 Å². The largest absolute Gasteiger partial charge is 0.431 e. The second-order valence-corrected chi connectivity index (χ2v) is 7.21. The lowest BCUT2D eigenvalue weighted by atomic mass is 10.0. The van der Waals surface area contributed by atoms with Crippen molar-refractivity contribution >= 4 is 46.2 Å². The number of thioether (sulfide) groups is 1. The Labute approximate surface area is 160 Å². The first kappa shape index (κ1) is 18.5. The van der Waals surface area contributed by atoms with Crippen LogP contribution in [0.3, 0.4) is 0 Å². The smallest absolute Gasteiger partial charge is 0.257 e. The Kier molecular flexibility index (Phi) is 5.64. The summed E-state index contributed by atoms with van der Waals surface area (Å²) in [4.78, 5) is 27.8. The van der Waals surface area contributed by atoms with Gasteiger partial charge in [0.15, 0.2) is 11.4 Å². The number of carbonyl (C=O) groups excluding carboxylic acids is 2. The molecular weight excluding hydrogens is 372 g/mol. The molecule has 0 aliphatic heterocycles. The molecule has 134 valence electrons. The van der Waals surface area contributed by atoms with Gasteiger partial charge in [-0.3, -0.25) is 9.59 Å². The number of aromatic nitrogens is 1. The van der Waals surface area contributed by atoms with Gasteiger partial charge in [-0.1, -0.05) is 47.6 Å². The molecule has 1 amide bonds. The molecule has 0 saturated carbocycles. The summed E-state index contributed by atoms with van der Waals surface area (Å²) >= 11 is 7.18. The predicted octanol–water partition coefficient (Wildman–Crippen LogP) is 4.65. The number of rotatable bonds is 6. The molecule has 7 heteroatoms. The minimum atomic E-state index is -0.0994. The zero-order valence-electron chi connectivity index (χ0n) is 14.3. The zero-order chi connectivity index (χ0) is 18.7. The van der Waals surface area contributed by atoms with Gasteiger partial charge in [0, 0.05) is 17.5 Å². The molecule has 0 aliphatic carbocycles. The van der Waals surface area contributed by atoms with Gasteiger partial charge < -0.3 is 9.73 Å². The van der Waals surface area contributed by atoms with Crippen LogP contribution in [0, 0.1) is 0 Å². The van der Waals surface area contributed by atoms with Gasteiger partial charge in [0.25, 0.3) is 5.22 Å². The molecule has 0 saturated heterocycles. The highest BCUT2D eigenvalue weighted by Crippen LogP contribution is 2.26. The van der Waals surface area contributed by atoms with Crippen molar-refractivity contribution in [1.29, 1.82) is 0 Å². The summed E-state index contributed by atoms with van der Waals surface area (Å²) < 4.78 is 5.60. The van der Waals surface area contributed by atoms with E-state index >= 15 is 0 Å². The number of fused-ring (bicyclic) bond motifs is 1. The molecule has 1 N–H and O–H groups in total. The van der Waals surface area contributed by atoms with Gasteiger partial charge >= 0.3 is 0 Å². The van der Waals surface area contributed by atoms with Crippen LogP contribution in [0.5, 0.6) is 0 Å². The fourth-order valence-corrected chi connectivity index (χ4v) is 3.40. The summed E-state index contributed by atoms with van der Waals surface area (Å²) in [5.74, 6) is 0.115. The Balaban J connectivity index is 1.63.